The number of anilines is 1. The molecule has 2 aromatic rings. The van der Waals surface area contributed by atoms with E-state index in [1.807, 2.05) is 24.3 Å². The lowest BCUT2D eigenvalue weighted by Crippen LogP contribution is -2.02. The van der Waals surface area contributed by atoms with E-state index in [-0.39, 0.29) is 12.0 Å². The Hall–Kier alpha value is -2.37. The molecule has 2 rings (SSSR count). The zero-order valence-corrected chi connectivity index (χ0v) is 9.33. The van der Waals surface area contributed by atoms with Crippen molar-refractivity contribution in [2.75, 3.05) is 12.8 Å². The van der Waals surface area contributed by atoms with Gasteiger partial charge in [-0.25, -0.2) is 4.98 Å². The van der Waals surface area contributed by atoms with Gasteiger partial charge in [0.15, 0.2) is 0 Å². The Bertz CT molecular complexity index is 487. The third kappa shape index (κ3) is 3.04. The normalized spacial score (nSPS) is 9.94. The molecule has 0 spiro atoms. The molecule has 0 radical (unpaired) electrons. The zero-order valence-electron chi connectivity index (χ0n) is 9.33. The van der Waals surface area contributed by atoms with Crippen molar-refractivity contribution in [3.05, 3.63) is 36.2 Å². The van der Waals surface area contributed by atoms with Gasteiger partial charge in [-0.15, -0.1) is 0 Å². The summed E-state index contributed by atoms with van der Waals surface area (Å²) in [4.78, 5) is 11.3. The lowest BCUT2D eigenvalue weighted by molar-refractivity contribution is 0.280. The number of hydrogen-bond acceptors (Lipinski definition) is 6. The van der Waals surface area contributed by atoms with Gasteiger partial charge in [0.1, 0.15) is 18.7 Å². The summed E-state index contributed by atoms with van der Waals surface area (Å²) < 4.78 is 10.4. The number of methoxy groups -OCH3 is 1. The van der Waals surface area contributed by atoms with E-state index in [1.165, 1.54) is 6.33 Å². The molecule has 1 heterocycles. The largest absolute Gasteiger partial charge is 0.497 e. The van der Waals surface area contributed by atoms with Crippen LogP contribution in [0.3, 0.4) is 0 Å². The summed E-state index contributed by atoms with van der Waals surface area (Å²) in [5.41, 5.74) is 6.40. The molecule has 0 aliphatic heterocycles. The number of nitrogen functional groups attached to an aromatic ring is 1. The third-order valence-electron chi connectivity index (χ3n) is 2.10. The van der Waals surface area contributed by atoms with E-state index < -0.39 is 0 Å². The molecule has 0 unspecified atom stereocenters. The van der Waals surface area contributed by atoms with E-state index in [9.17, 15) is 0 Å². The number of aromatic nitrogens is 3. The molecular formula is C11H12N4O2. The highest BCUT2D eigenvalue weighted by atomic mass is 16.5. The smallest absolute Gasteiger partial charge is 0.321 e. The number of benzene rings is 1. The second-order valence-corrected chi connectivity index (χ2v) is 3.26. The van der Waals surface area contributed by atoms with Crippen molar-refractivity contribution in [2.24, 2.45) is 0 Å². The molecule has 0 saturated heterocycles. The first-order valence-electron chi connectivity index (χ1n) is 4.98. The molecule has 0 fully saturated rings. The highest BCUT2D eigenvalue weighted by Gasteiger charge is 2.00. The Morgan fingerprint density at radius 3 is 2.59 bits per heavy atom. The van der Waals surface area contributed by atoms with E-state index in [1.54, 1.807) is 7.11 Å². The minimum atomic E-state index is 0.143. The predicted molar refractivity (Wildman–Crippen MR) is 61.6 cm³/mol. The van der Waals surface area contributed by atoms with Crippen molar-refractivity contribution >= 4 is 5.95 Å². The molecule has 0 atom stereocenters. The predicted octanol–water partition coefficient (Wildman–Crippen LogP) is 1.04. The second kappa shape index (κ2) is 5.11. The summed E-state index contributed by atoms with van der Waals surface area (Å²) in [7, 11) is 1.62. The van der Waals surface area contributed by atoms with Gasteiger partial charge in [0, 0.05) is 0 Å². The maximum absolute atomic E-state index is 5.41. The van der Waals surface area contributed by atoms with Crippen LogP contribution < -0.4 is 15.2 Å². The molecule has 6 heteroatoms. The van der Waals surface area contributed by atoms with Gasteiger partial charge in [-0.1, -0.05) is 12.1 Å². The maximum atomic E-state index is 5.41. The van der Waals surface area contributed by atoms with Gasteiger partial charge in [-0.05, 0) is 17.7 Å². The van der Waals surface area contributed by atoms with Crippen LogP contribution in [0.1, 0.15) is 5.56 Å². The van der Waals surface area contributed by atoms with E-state index in [2.05, 4.69) is 15.0 Å². The Balaban J connectivity index is 1.97. The molecule has 1 aromatic carbocycles. The summed E-state index contributed by atoms with van der Waals surface area (Å²) in [5.74, 6) is 0.947. The minimum Gasteiger partial charge on any atom is -0.497 e. The standard InChI is InChI=1S/C11H12N4O2/c1-16-9-4-2-8(3-5-9)6-17-11-14-7-13-10(12)15-11/h2-5,7H,6H2,1H3,(H2,12,13,14,15). The van der Waals surface area contributed by atoms with Crippen LogP contribution in [0.2, 0.25) is 0 Å². The Kier molecular flexibility index (Phi) is 3.34. The number of hydrogen-bond donors (Lipinski definition) is 1. The lowest BCUT2D eigenvalue weighted by atomic mass is 10.2. The van der Waals surface area contributed by atoms with Gasteiger partial charge in [0.25, 0.3) is 0 Å². The number of rotatable bonds is 4. The molecule has 0 saturated carbocycles. The van der Waals surface area contributed by atoms with E-state index in [0.29, 0.717) is 6.61 Å². The quantitative estimate of drug-likeness (QED) is 0.848. The van der Waals surface area contributed by atoms with Crippen LogP contribution in [-0.2, 0) is 6.61 Å². The van der Waals surface area contributed by atoms with Crippen LogP contribution >= 0.6 is 0 Å². The van der Waals surface area contributed by atoms with Crippen LogP contribution in [-0.4, -0.2) is 22.1 Å². The van der Waals surface area contributed by atoms with Gasteiger partial charge in [-0.2, -0.15) is 9.97 Å². The van der Waals surface area contributed by atoms with Crippen molar-refractivity contribution < 1.29 is 9.47 Å². The van der Waals surface area contributed by atoms with Crippen LogP contribution in [0.5, 0.6) is 11.8 Å². The van der Waals surface area contributed by atoms with Gasteiger partial charge in [0.05, 0.1) is 7.11 Å². The first kappa shape index (κ1) is 11.1. The Labute approximate surface area is 98.4 Å². The molecule has 0 amide bonds. The molecule has 1 aromatic heterocycles. The Morgan fingerprint density at radius 1 is 1.18 bits per heavy atom. The van der Waals surface area contributed by atoms with Crippen molar-refractivity contribution in [3.8, 4) is 11.8 Å². The molecular weight excluding hydrogens is 220 g/mol. The molecule has 6 nitrogen and oxygen atoms in total. The highest BCUT2D eigenvalue weighted by Crippen LogP contribution is 2.12. The fourth-order valence-corrected chi connectivity index (χ4v) is 1.23. The summed E-state index contributed by atoms with van der Waals surface area (Å²) in [6.45, 7) is 0.368. The molecule has 17 heavy (non-hydrogen) atoms. The monoisotopic (exact) mass is 232 g/mol. The van der Waals surface area contributed by atoms with Crippen LogP contribution in [0.4, 0.5) is 5.95 Å². The second-order valence-electron chi connectivity index (χ2n) is 3.26. The lowest BCUT2D eigenvalue weighted by Gasteiger charge is -2.05. The maximum Gasteiger partial charge on any atom is 0.321 e. The van der Waals surface area contributed by atoms with Crippen LogP contribution in [0, 0.1) is 0 Å². The first-order valence-corrected chi connectivity index (χ1v) is 4.98. The zero-order chi connectivity index (χ0) is 12.1. The van der Waals surface area contributed by atoms with Crippen molar-refractivity contribution in [3.63, 3.8) is 0 Å². The number of nitrogens with zero attached hydrogens (tertiary/aromatic N) is 3. The SMILES string of the molecule is COc1ccc(COc2ncnc(N)n2)cc1. The van der Waals surface area contributed by atoms with Crippen molar-refractivity contribution in [1.82, 2.24) is 15.0 Å². The van der Waals surface area contributed by atoms with Gasteiger partial charge in [-0.3, -0.25) is 0 Å². The van der Waals surface area contributed by atoms with Gasteiger partial charge >= 0.3 is 6.01 Å². The number of nitrogens with two attached hydrogens (primary N) is 1. The van der Waals surface area contributed by atoms with E-state index in [4.69, 9.17) is 15.2 Å². The van der Waals surface area contributed by atoms with Gasteiger partial charge < -0.3 is 15.2 Å². The van der Waals surface area contributed by atoms with E-state index >= 15 is 0 Å². The van der Waals surface area contributed by atoms with E-state index in [0.717, 1.165) is 11.3 Å². The summed E-state index contributed by atoms with van der Waals surface area (Å²) in [6.07, 6.45) is 1.31. The summed E-state index contributed by atoms with van der Waals surface area (Å²) in [5, 5.41) is 0. The first-order chi connectivity index (χ1) is 8.28. The molecule has 0 aliphatic carbocycles. The third-order valence-corrected chi connectivity index (χ3v) is 2.10. The van der Waals surface area contributed by atoms with Crippen LogP contribution in [0.25, 0.3) is 0 Å². The number of ether oxygens (including phenoxy) is 2. The molecule has 88 valence electrons. The van der Waals surface area contributed by atoms with Crippen LogP contribution in [0.15, 0.2) is 30.6 Å². The van der Waals surface area contributed by atoms with Crippen molar-refractivity contribution in [2.45, 2.75) is 6.61 Å². The minimum absolute atomic E-state index is 0.143. The molecule has 2 N–H and O–H groups in total. The average Bonchev–Trinajstić information content (AvgIpc) is 2.37. The van der Waals surface area contributed by atoms with Crippen molar-refractivity contribution in [1.29, 1.82) is 0 Å². The highest BCUT2D eigenvalue weighted by molar-refractivity contribution is 5.27. The molecule has 0 bridgehead atoms. The molecule has 0 aliphatic rings. The summed E-state index contributed by atoms with van der Waals surface area (Å²) in [6, 6.07) is 7.75. The fourth-order valence-electron chi connectivity index (χ4n) is 1.23. The Morgan fingerprint density at radius 2 is 1.94 bits per heavy atom. The fraction of sp³-hybridized carbons (Fsp3) is 0.182. The average molecular weight is 232 g/mol. The topological polar surface area (TPSA) is 83.2 Å². The summed E-state index contributed by atoms with van der Waals surface area (Å²) >= 11 is 0. The van der Waals surface area contributed by atoms with Gasteiger partial charge in [0.2, 0.25) is 5.95 Å².